The Bertz CT molecular complexity index is 189. The summed E-state index contributed by atoms with van der Waals surface area (Å²) in [6, 6.07) is 0. The lowest BCUT2D eigenvalue weighted by Gasteiger charge is -2.13. The summed E-state index contributed by atoms with van der Waals surface area (Å²) in [7, 11) is 0. The standard InChI is InChI=1S/C14H27NO/c1-3-5-6-7-8-9-11-13(10-4-2)12-14(15)16/h3,13H,1,4-12H2,2H3,(H2,15,16). The molecule has 0 aromatic heterocycles. The monoisotopic (exact) mass is 225 g/mol. The van der Waals surface area contributed by atoms with E-state index in [0.29, 0.717) is 12.3 Å². The van der Waals surface area contributed by atoms with Crippen LogP contribution in [0.1, 0.15) is 64.7 Å². The van der Waals surface area contributed by atoms with Crippen LogP contribution >= 0.6 is 0 Å². The number of primary amides is 1. The van der Waals surface area contributed by atoms with E-state index in [9.17, 15) is 4.79 Å². The zero-order valence-electron chi connectivity index (χ0n) is 10.7. The van der Waals surface area contributed by atoms with Crippen LogP contribution in [0, 0.1) is 5.92 Å². The molecule has 0 radical (unpaired) electrons. The lowest BCUT2D eigenvalue weighted by molar-refractivity contribution is -0.119. The van der Waals surface area contributed by atoms with E-state index in [2.05, 4.69) is 13.5 Å². The first kappa shape index (κ1) is 15.2. The summed E-state index contributed by atoms with van der Waals surface area (Å²) in [4.78, 5) is 10.9. The number of carbonyl (C=O) groups is 1. The predicted octanol–water partition coefficient (Wildman–Crippen LogP) is 3.80. The Hall–Kier alpha value is -0.790. The molecule has 2 nitrogen and oxygen atoms in total. The van der Waals surface area contributed by atoms with Gasteiger partial charge < -0.3 is 5.73 Å². The maximum atomic E-state index is 10.9. The molecular formula is C14H27NO. The van der Waals surface area contributed by atoms with Gasteiger partial charge in [0.05, 0.1) is 0 Å². The zero-order chi connectivity index (χ0) is 12.2. The fourth-order valence-electron chi connectivity index (χ4n) is 2.12. The van der Waals surface area contributed by atoms with Crippen LogP contribution < -0.4 is 5.73 Å². The molecule has 2 heteroatoms. The number of hydrogen-bond donors (Lipinski definition) is 1. The van der Waals surface area contributed by atoms with Crippen molar-refractivity contribution in [2.75, 3.05) is 0 Å². The van der Waals surface area contributed by atoms with E-state index in [1.807, 2.05) is 6.08 Å². The highest BCUT2D eigenvalue weighted by molar-refractivity contribution is 5.73. The van der Waals surface area contributed by atoms with E-state index in [4.69, 9.17) is 5.73 Å². The summed E-state index contributed by atoms with van der Waals surface area (Å²) in [5, 5.41) is 0. The number of rotatable bonds is 11. The molecule has 0 aliphatic carbocycles. The first-order valence-corrected chi connectivity index (χ1v) is 6.59. The van der Waals surface area contributed by atoms with Crippen molar-refractivity contribution < 1.29 is 4.79 Å². The second kappa shape index (κ2) is 10.7. The molecule has 2 N–H and O–H groups in total. The van der Waals surface area contributed by atoms with Crippen LogP contribution in [0.25, 0.3) is 0 Å². The molecular weight excluding hydrogens is 198 g/mol. The minimum absolute atomic E-state index is 0.148. The number of allylic oxidation sites excluding steroid dienone is 1. The van der Waals surface area contributed by atoms with Gasteiger partial charge in [0, 0.05) is 6.42 Å². The minimum atomic E-state index is -0.148. The number of hydrogen-bond acceptors (Lipinski definition) is 1. The molecule has 0 aromatic rings. The third-order valence-electron chi connectivity index (χ3n) is 2.96. The van der Waals surface area contributed by atoms with Crippen LogP contribution in [-0.2, 0) is 4.79 Å². The van der Waals surface area contributed by atoms with Gasteiger partial charge in [0.2, 0.25) is 5.91 Å². The first-order valence-electron chi connectivity index (χ1n) is 6.59. The molecule has 16 heavy (non-hydrogen) atoms. The van der Waals surface area contributed by atoms with E-state index in [1.165, 1.54) is 25.7 Å². The Balaban J connectivity index is 3.51. The number of amides is 1. The molecule has 0 aromatic carbocycles. The average Bonchev–Trinajstić information content (AvgIpc) is 2.22. The molecule has 0 aliphatic heterocycles. The second-order valence-corrected chi connectivity index (χ2v) is 4.61. The molecule has 0 heterocycles. The van der Waals surface area contributed by atoms with Gasteiger partial charge in [-0.25, -0.2) is 0 Å². The molecule has 0 fully saturated rings. The molecule has 0 saturated carbocycles. The maximum Gasteiger partial charge on any atom is 0.217 e. The molecule has 1 unspecified atom stereocenters. The topological polar surface area (TPSA) is 43.1 Å². The van der Waals surface area contributed by atoms with Gasteiger partial charge in [-0.2, -0.15) is 0 Å². The normalized spacial score (nSPS) is 12.3. The Labute approximate surface area is 100 Å². The van der Waals surface area contributed by atoms with Gasteiger partial charge in [0.25, 0.3) is 0 Å². The van der Waals surface area contributed by atoms with Crippen molar-refractivity contribution in [1.29, 1.82) is 0 Å². The van der Waals surface area contributed by atoms with Crippen molar-refractivity contribution >= 4 is 5.91 Å². The van der Waals surface area contributed by atoms with E-state index >= 15 is 0 Å². The van der Waals surface area contributed by atoms with Gasteiger partial charge >= 0.3 is 0 Å². The molecule has 1 atom stereocenters. The van der Waals surface area contributed by atoms with Gasteiger partial charge in [-0.3, -0.25) is 4.79 Å². The summed E-state index contributed by atoms with van der Waals surface area (Å²) in [6.45, 7) is 5.88. The van der Waals surface area contributed by atoms with Crippen molar-refractivity contribution in [3.8, 4) is 0 Å². The van der Waals surface area contributed by atoms with Crippen molar-refractivity contribution in [3.63, 3.8) is 0 Å². The van der Waals surface area contributed by atoms with Crippen molar-refractivity contribution in [2.45, 2.75) is 64.7 Å². The highest BCUT2D eigenvalue weighted by Crippen LogP contribution is 2.19. The van der Waals surface area contributed by atoms with E-state index in [-0.39, 0.29) is 5.91 Å². The van der Waals surface area contributed by atoms with Crippen LogP contribution in [0.3, 0.4) is 0 Å². The Morgan fingerprint density at radius 3 is 2.50 bits per heavy atom. The summed E-state index contributed by atoms with van der Waals surface area (Å²) in [5.74, 6) is 0.368. The van der Waals surface area contributed by atoms with E-state index in [0.717, 1.165) is 25.7 Å². The number of nitrogens with two attached hydrogens (primary N) is 1. The van der Waals surface area contributed by atoms with Crippen molar-refractivity contribution in [3.05, 3.63) is 12.7 Å². The Morgan fingerprint density at radius 2 is 1.94 bits per heavy atom. The lowest BCUT2D eigenvalue weighted by Crippen LogP contribution is -2.16. The molecule has 0 aliphatic rings. The van der Waals surface area contributed by atoms with Crippen LogP contribution in [0.4, 0.5) is 0 Å². The SMILES string of the molecule is C=CCCCCCCC(CCC)CC(N)=O. The van der Waals surface area contributed by atoms with Crippen LogP contribution in [-0.4, -0.2) is 5.91 Å². The number of carbonyl (C=O) groups excluding carboxylic acids is 1. The van der Waals surface area contributed by atoms with Crippen LogP contribution in [0.15, 0.2) is 12.7 Å². The smallest absolute Gasteiger partial charge is 0.217 e. The maximum absolute atomic E-state index is 10.9. The van der Waals surface area contributed by atoms with Crippen LogP contribution in [0.5, 0.6) is 0 Å². The largest absolute Gasteiger partial charge is 0.370 e. The average molecular weight is 225 g/mol. The quantitative estimate of drug-likeness (QED) is 0.422. The molecule has 0 saturated heterocycles. The predicted molar refractivity (Wildman–Crippen MR) is 70.1 cm³/mol. The molecule has 0 spiro atoms. The third kappa shape index (κ3) is 9.75. The molecule has 0 bridgehead atoms. The van der Waals surface area contributed by atoms with Crippen molar-refractivity contribution in [1.82, 2.24) is 0 Å². The lowest BCUT2D eigenvalue weighted by atomic mass is 9.93. The molecule has 94 valence electrons. The fourth-order valence-corrected chi connectivity index (χ4v) is 2.12. The zero-order valence-corrected chi connectivity index (χ0v) is 10.7. The summed E-state index contributed by atoms with van der Waals surface area (Å²) in [5.41, 5.74) is 5.24. The highest BCUT2D eigenvalue weighted by atomic mass is 16.1. The van der Waals surface area contributed by atoms with Gasteiger partial charge in [-0.05, 0) is 25.2 Å². The second-order valence-electron chi connectivity index (χ2n) is 4.61. The number of unbranched alkanes of at least 4 members (excludes halogenated alkanes) is 4. The van der Waals surface area contributed by atoms with Gasteiger partial charge in [-0.15, -0.1) is 6.58 Å². The molecule has 1 amide bonds. The van der Waals surface area contributed by atoms with Gasteiger partial charge in [0.15, 0.2) is 0 Å². The fraction of sp³-hybridized carbons (Fsp3) is 0.786. The Kier molecular flexibility index (Phi) is 10.2. The summed E-state index contributed by atoms with van der Waals surface area (Å²) >= 11 is 0. The molecule has 0 rings (SSSR count). The van der Waals surface area contributed by atoms with Gasteiger partial charge in [-0.1, -0.05) is 45.1 Å². The first-order chi connectivity index (χ1) is 7.70. The van der Waals surface area contributed by atoms with E-state index in [1.54, 1.807) is 0 Å². The highest BCUT2D eigenvalue weighted by Gasteiger charge is 2.10. The van der Waals surface area contributed by atoms with Gasteiger partial charge in [0.1, 0.15) is 0 Å². The van der Waals surface area contributed by atoms with Crippen LogP contribution in [0.2, 0.25) is 0 Å². The Morgan fingerprint density at radius 1 is 1.25 bits per heavy atom. The minimum Gasteiger partial charge on any atom is -0.370 e. The third-order valence-corrected chi connectivity index (χ3v) is 2.96. The van der Waals surface area contributed by atoms with Crippen molar-refractivity contribution in [2.24, 2.45) is 11.7 Å². The summed E-state index contributed by atoms with van der Waals surface area (Å²) in [6.07, 6.45) is 12.1. The summed E-state index contributed by atoms with van der Waals surface area (Å²) < 4.78 is 0. The van der Waals surface area contributed by atoms with E-state index < -0.39 is 0 Å².